The molecule has 0 saturated carbocycles. The van der Waals surface area contributed by atoms with Crippen LogP contribution in [0.1, 0.15) is 30.3 Å². The highest BCUT2D eigenvalue weighted by molar-refractivity contribution is 7.86. The number of hydrogen-bond donors (Lipinski definition) is 0. The van der Waals surface area contributed by atoms with Crippen LogP contribution in [-0.2, 0) is 17.3 Å². The lowest BCUT2D eigenvalue weighted by atomic mass is 9.94. The van der Waals surface area contributed by atoms with Gasteiger partial charge >= 0.3 is 0 Å². The summed E-state index contributed by atoms with van der Waals surface area (Å²) in [5.41, 5.74) is 1.77. The molecule has 3 heterocycles. The molecule has 25 heavy (non-hydrogen) atoms. The van der Waals surface area contributed by atoms with Crippen molar-refractivity contribution in [2.24, 2.45) is 7.05 Å². The summed E-state index contributed by atoms with van der Waals surface area (Å²) in [6.45, 7) is 2.89. The molecule has 0 radical (unpaired) electrons. The van der Waals surface area contributed by atoms with E-state index >= 15 is 0 Å². The Balaban J connectivity index is 1.80. The molecule has 0 N–H and O–H groups in total. The Morgan fingerprint density at radius 1 is 1.20 bits per heavy atom. The molecule has 0 aromatic carbocycles. The van der Waals surface area contributed by atoms with Gasteiger partial charge in [-0.05, 0) is 25.8 Å². The van der Waals surface area contributed by atoms with E-state index in [4.69, 9.17) is 0 Å². The van der Waals surface area contributed by atoms with Crippen LogP contribution in [0, 0.1) is 6.92 Å². The van der Waals surface area contributed by atoms with Gasteiger partial charge in [0.2, 0.25) is 0 Å². The molecule has 0 spiro atoms. The molecular weight excluding hydrogens is 340 g/mol. The maximum Gasteiger partial charge on any atom is 0.281 e. The normalized spacial score (nSPS) is 17.3. The van der Waals surface area contributed by atoms with Gasteiger partial charge in [-0.3, -0.25) is 0 Å². The van der Waals surface area contributed by atoms with E-state index in [0.29, 0.717) is 18.9 Å². The van der Waals surface area contributed by atoms with E-state index in [0.717, 1.165) is 30.1 Å². The van der Waals surface area contributed by atoms with Crippen LogP contribution in [0.2, 0.25) is 0 Å². The second-order valence-corrected chi connectivity index (χ2v) is 8.69. The summed E-state index contributed by atoms with van der Waals surface area (Å²) in [5.74, 6) is 1.74. The SMILES string of the molecule is Cc1nc(-c2nccn2C)cc(C2CCN(S(=O)(=O)N(C)C)CC2)n1. The van der Waals surface area contributed by atoms with Gasteiger partial charge in [0, 0.05) is 58.2 Å². The molecule has 1 aliphatic rings. The molecule has 1 saturated heterocycles. The van der Waals surface area contributed by atoms with E-state index in [-0.39, 0.29) is 5.92 Å². The van der Waals surface area contributed by atoms with Crippen LogP contribution in [0.5, 0.6) is 0 Å². The first-order valence-corrected chi connectivity index (χ1v) is 9.69. The first kappa shape index (κ1) is 18.0. The van der Waals surface area contributed by atoms with E-state index in [2.05, 4.69) is 15.0 Å². The van der Waals surface area contributed by atoms with Crippen molar-refractivity contribution in [3.63, 3.8) is 0 Å². The van der Waals surface area contributed by atoms with E-state index < -0.39 is 10.2 Å². The van der Waals surface area contributed by atoms with Gasteiger partial charge in [-0.15, -0.1) is 0 Å². The van der Waals surface area contributed by atoms with E-state index in [1.165, 1.54) is 8.61 Å². The van der Waals surface area contributed by atoms with E-state index in [9.17, 15) is 8.42 Å². The Morgan fingerprint density at radius 2 is 1.88 bits per heavy atom. The number of hydrogen-bond acceptors (Lipinski definition) is 5. The average Bonchev–Trinajstić information content (AvgIpc) is 3.00. The zero-order chi connectivity index (χ0) is 18.2. The summed E-state index contributed by atoms with van der Waals surface area (Å²) in [4.78, 5) is 13.5. The second-order valence-electron chi connectivity index (χ2n) is 6.55. The number of aryl methyl sites for hydroxylation is 2. The Morgan fingerprint density at radius 3 is 2.44 bits per heavy atom. The quantitative estimate of drug-likeness (QED) is 0.813. The summed E-state index contributed by atoms with van der Waals surface area (Å²) >= 11 is 0. The molecule has 136 valence electrons. The summed E-state index contributed by atoms with van der Waals surface area (Å²) in [6, 6.07) is 1.98. The smallest absolute Gasteiger partial charge is 0.281 e. The number of imidazole rings is 1. The lowest BCUT2D eigenvalue weighted by Gasteiger charge is -2.32. The predicted molar refractivity (Wildman–Crippen MR) is 95.1 cm³/mol. The van der Waals surface area contributed by atoms with Crippen molar-refractivity contribution in [3.05, 3.63) is 30.0 Å². The number of rotatable bonds is 4. The van der Waals surface area contributed by atoms with Crippen LogP contribution in [0.4, 0.5) is 0 Å². The molecule has 0 amide bonds. The maximum atomic E-state index is 12.2. The molecule has 2 aromatic rings. The zero-order valence-electron chi connectivity index (χ0n) is 15.0. The molecule has 9 heteroatoms. The van der Waals surface area contributed by atoms with Gasteiger partial charge in [-0.25, -0.2) is 15.0 Å². The Bertz CT molecular complexity index is 853. The summed E-state index contributed by atoms with van der Waals surface area (Å²) in [7, 11) is 1.72. The third kappa shape index (κ3) is 3.58. The second kappa shape index (κ2) is 6.81. The zero-order valence-corrected chi connectivity index (χ0v) is 15.9. The lowest BCUT2D eigenvalue weighted by molar-refractivity contribution is 0.300. The molecule has 2 aromatic heterocycles. The Hall–Kier alpha value is -1.84. The fourth-order valence-corrected chi connectivity index (χ4v) is 4.27. The van der Waals surface area contributed by atoms with Gasteiger partial charge in [0.25, 0.3) is 10.2 Å². The number of piperidine rings is 1. The standard InChI is InChI=1S/C16H24N6O2S/c1-12-18-14(11-15(19-12)16-17-7-10-21(16)4)13-5-8-22(9-6-13)25(23,24)20(2)3/h7,10-11,13H,5-6,8-9H2,1-4H3. The van der Waals surface area contributed by atoms with Crippen molar-refractivity contribution in [1.82, 2.24) is 28.1 Å². The van der Waals surface area contributed by atoms with Gasteiger partial charge in [0.05, 0.1) is 0 Å². The van der Waals surface area contributed by atoms with Crippen LogP contribution >= 0.6 is 0 Å². The molecular formula is C16H24N6O2S. The molecule has 0 aliphatic carbocycles. The fourth-order valence-electron chi connectivity index (χ4n) is 3.14. The maximum absolute atomic E-state index is 12.2. The largest absolute Gasteiger partial charge is 0.333 e. The summed E-state index contributed by atoms with van der Waals surface area (Å²) in [5, 5.41) is 0. The van der Waals surface area contributed by atoms with Gasteiger partial charge in [0.15, 0.2) is 5.82 Å². The van der Waals surface area contributed by atoms with Gasteiger partial charge < -0.3 is 4.57 Å². The summed E-state index contributed by atoms with van der Waals surface area (Å²) in [6.07, 6.45) is 5.14. The first-order chi connectivity index (χ1) is 11.8. The molecule has 1 aliphatic heterocycles. The van der Waals surface area contributed by atoms with Crippen LogP contribution in [0.25, 0.3) is 11.5 Å². The Kier molecular flexibility index (Phi) is 4.90. The van der Waals surface area contributed by atoms with Gasteiger partial charge in [-0.2, -0.15) is 17.0 Å². The third-order valence-electron chi connectivity index (χ3n) is 4.57. The van der Waals surface area contributed by atoms with Crippen molar-refractivity contribution in [1.29, 1.82) is 0 Å². The predicted octanol–water partition coefficient (Wildman–Crippen LogP) is 1.17. The van der Waals surface area contributed by atoms with Crippen molar-refractivity contribution in [2.75, 3.05) is 27.2 Å². The van der Waals surface area contributed by atoms with E-state index in [1.54, 1.807) is 20.3 Å². The molecule has 0 unspecified atom stereocenters. The van der Waals surface area contributed by atoms with Crippen LogP contribution in [0.15, 0.2) is 18.5 Å². The minimum atomic E-state index is -3.34. The summed E-state index contributed by atoms with van der Waals surface area (Å²) < 4.78 is 29.2. The van der Waals surface area contributed by atoms with Gasteiger partial charge in [-0.1, -0.05) is 0 Å². The van der Waals surface area contributed by atoms with Crippen molar-refractivity contribution >= 4 is 10.2 Å². The van der Waals surface area contributed by atoms with Gasteiger partial charge in [0.1, 0.15) is 11.5 Å². The molecule has 0 atom stereocenters. The number of nitrogens with zero attached hydrogens (tertiary/aromatic N) is 6. The molecule has 1 fully saturated rings. The van der Waals surface area contributed by atoms with Crippen molar-refractivity contribution in [2.45, 2.75) is 25.7 Å². The Labute approximate surface area is 148 Å². The minimum absolute atomic E-state index is 0.231. The fraction of sp³-hybridized carbons (Fsp3) is 0.562. The van der Waals surface area contributed by atoms with Crippen molar-refractivity contribution < 1.29 is 8.42 Å². The molecule has 3 rings (SSSR count). The molecule has 8 nitrogen and oxygen atoms in total. The number of aromatic nitrogens is 4. The van der Waals surface area contributed by atoms with Crippen molar-refractivity contribution in [3.8, 4) is 11.5 Å². The average molecular weight is 364 g/mol. The van der Waals surface area contributed by atoms with Crippen LogP contribution in [-0.4, -0.2) is 63.7 Å². The molecule has 0 bridgehead atoms. The van der Waals surface area contributed by atoms with Crippen LogP contribution in [0.3, 0.4) is 0 Å². The highest BCUT2D eigenvalue weighted by Crippen LogP contribution is 2.30. The highest BCUT2D eigenvalue weighted by atomic mass is 32.2. The first-order valence-electron chi connectivity index (χ1n) is 8.30. The third-order valence-corrected chi connectivity index (χ3v) is 6.51. The lowest BCUT2D eigenvalue weighted by Crippen LogP contribution is -2.44. The topological polar surface area (TPSA) is 84.2 Å². The highest BCUT2D eigenvalue weighted by Gasteiger charge is 2.30. The van der Waals surface area contributed by atoms with E-state index in [1.807, 2.05) is 30.8 Å². The minimum Gasteiger partial charge on any atom is -0.333 e. The monoisotopic (exact) mass is 364 g/mol. The van der Waals surface area contributed by atoms with Crippen LogP contribution < -0.4 is 0 Å².